The van der Waals surface area contributed by atoms with Crippen molar-refractivity contribution in [3.63, 3.8) is 0 Å². The molecule has 0 aliphatic carbocycles. The van der Waals surface area contributed by atoms with E-state index in [4.69, 9.17) is 19.9 Å². The van der Waals surface area contributed by atoms with Gasteiger partial charge in [-0.15, -0.1) is 11.3 Å². The first-order chi connectivity index (χ1) is 28.2. The fourth-order valence-electron chi connectivity index (χ4n) is 7.99. The summed E-state index contributed by atoms with van der Waals surface area (Å²) in [6.07, 6.45) is 0. The number of benzene rings is 8. The molecule has 0 unspecified atom stereocenters. The smallest absolute Gasteiger partial charge is 0.164 e. The van der Waals surface area contributed by atoms with E-state index >= 15 is 0 Å². The summed E-state index contributed by atoms with van der Waals surface area (Å²) >= 11 is 1.84. The van der Waals surface area contributed by atoms with Gasteiger partial charge in [-0.25, -0.2) is 19.9 Å². The summed E-state index contributed by atoms with van der Waals surface area (Å²) in [6.45, 7) is 0. The molecule has 0 fully saturated rings. The molecule has 11 rings (SSSR count). The van der Waals surface area contributed by atoms with Crippen molar-refractivity contribution in [1.82, 2.24) is 19.9 Å². The third kappa shape index (κ3) is 5.84. The molecule has 5 heteroatoms. The number of hydrogen-bond donors (Lipinski definition) is 0. The van der Waals surface area contributed by atoms with Gasteiger partial charge in [-0.2, -0.15) is 0 Å². The molecule has 11 aromatic rings. The molecule has 4 nitrogen and oxygen atoms in total. The molecular formula is C52H32N4S. The Labute approximate surface area is 333 Å². The van der Waals surface area contributed by atoms with Crippen LogP contribution in [0.15, 0.2) is 194 Å². The highest BCUT2D eigenvalue weighted by molar-refractivity contribution is 7.26. The van der Waals surface area contributed by atoms with Crippen LogP contribution >= 0.6 is 11.3 Å². The van der Waals surface area contributed by atoms with Gasteiger partial charge in [0.25, 0.3) is 0 Å². The highest BCUT2D eigenvalue weighted by atomic mass is 32.1. The summed E-state index contributed by atoms with van der Waals surface area (Å²) in [5, 5.41) is 5.95. The van der Waals surface area contributed by atoms with Crippen LogP contribution < -0.4 is 0 Å². The minimum Gasteiger partial charge on any atom is -0.247 e. The van der Waals surface area contributed by atoms with E-state index in [0.29, 0.717) is 17.5 Å². The Hall–Kier alpha value is -7.34. The summed E-state index contributed by atoms with van der Waals surface area (Å²) in [6, 6.07) is 68.0. The van der Waals surface area contributed by atoms with Gasteiger partial charge in [0.2, 0.25) is 0 Å². The van der Waals surface area contributed by atoms with Crippen LogP contribution in [0.3, 0.4) is 0 Å². The number of fused-ring (bicyclic) bond motifs is 6. The lowest BCUT2D eigenvalue weighted by Crippen LogP contribution is -2.00. The van der Waals surface area contributed by atoms with E-state index in [1.54, 1.807) is 0 Å². The largest absolute Gasteiger partial charge is 0.247 e. The topological polar surface area (TPSA) is 51.6 Å². The molecule has 0 atom stereocenters. The van der Waals surface area contributed by atoms with Gasteiger partial charge in [0.15, 0.2) is 17.5 Å². The van der Waals surface area contributed by atoms with Crippen molar-refractivity contribution >= 4 is 53.2 Å². The van der Waals surface area contributed by atoms with Crippen molar-refractivity contribution in [2.24, 2.45) is 0 Å². The molecule has 0 aliphatic heterocycles. The lowest BCUT2D eigenvalue weighted by atomic mass is 9.92. The fraction of sp³-hybridized carbons (Fsp3) is 0. The summed E-state index contributed by atoms with van der Waals surface area (Å²) in [5.41, 5.74) is 10.3. The first-order valence-corrected chi connectivity index (χ1v) is 19.9. The van der Waals surface area contributed by atoms with Crippen LogP contribution in [0.25, 0.3) is 110 Å². The zero-order valence-electron chi connectivity index (χ0n) is 30.7. The van der Waals surface area contributed by atoms with Crippen LogP contribution in [-0.2, 0) is 0 Å². The molecule has 266 valence electrons. The predicted molar refractivity (Wildman–Crippen MR) is 238 cm³/mol. The van der Waals surface area contributed by atoms with E-state index in [1.165, 1.54) is 42.2 Å². The molecule has 0 N–H and O–H groups in total. The highest BCUT2D eigenvalue weighted by Gasteiger charge is 2.18. The van der Waals surface area contributed by atoms with Gasteiger partial charge in [-0.3, -0.25) is 0 Å². The molecule has 0 bridgehead atoms. The van der Waals surface area contributed by atoms with Crippen LogP contribution in [0.1, 0.15) is 0 Å². The molecule has 57 heavy (non-hydrogen) atoms. The SMILES string of the molecule is c1ccc(-c2nc(-c3ccc(-c4cccc5c4sc4ccccc45)cc3)nc(-c3ccc4c(c3)nc(-c3ccccc3)c3cccc(-c5ccccc5)c34)n2)cc1. The molecular weight excluding hydrogens is 713 g/mol. The third-order valence-electron chi connectivity index (χ3n) is 10.7. The Balaban J connectivity index is 1.07. The average molecular weight is 745 g/mol. The van der Waals surface area contributed by atoms with Crippen molar-refractivity contribution in [1.29, 1.82) is 0 Å². The zero-order chi connectivity index (χ0) is 37.7. The second-order valence-corrected chi connectivity index (χ2v) is 15.2. The third-order valence-corrected chi connectivity index (χ3v) is 12.0. The summed E-state index contributed by atoms with van der Waals surface area (Å²) < 4.78 is 2.59. The summed E-state index contributed by atoms with van der Waals surface area (Å²) in [7, 11) is 0. The van der Waals surface area contributed by atoms with Crippen LogP contribution in [-0.4, -0.2) is 19.9 Å². The molecule has 3 heterocycles. The maximum absolute atomic E-state index is 5.36. The number of thiophene rings is 1. The lowest BCUT2D eigenvalue weighted by molar-refractivity contribution is 1.07. The van der Waals surface area contributed by atoms with Gasteiger partial charge in [0.05, 0.1) is 11.2 Å². The molecule has 3 aromatic heterocycles. The van der Waals surface area contributed by atoms with Crippen molar-refractivity contribution in [3.8, 4) is 67.7 Å². The van der Waals surface area contributed by atoms with Crippen LogP contribution in [0.5, 0.6) is 0 Å². The second kappa shape index (κ2) is 13.7. The van der Waals surface area contributed by atoms with Gasteiger partial charge in [0.1, 0.15) is 0 Å². The van der Waals surface area contributed by atoms with Crippen molar-refractivity contribution < 1.29 is 0 Å². The van der Waals surface area contributed by atoms with E-state index in [9.17, 15) is 0 Å². The lowest BCUT2D eigenvalue weighted by Gasteiger charge is -2.15. The molecule has 0 spiro atoms. The Morgan fingerprint density at radius 1 is 0.316 bits per heavy atom. The van der Waals surface area contributed by atoms with Crippen LogP contribution in [0.2, 0.25) is 0 Å². The van der Waals surface area contributed by atoms with Gasteiger partial charge in [-0.1, -0.05) is 182 Å². The van der Waals surface area contributed by atoms with Crippen LogP contribution in [0.4, 0.5) is 0 Å². The first-order valence-electron chi connectivity index (χ1n) is 19.1. The van der Waals surface area contributed by atoms with Crippen LogP contribution in [0, 0.1) is 0 Å². The minimum absolute atomic E-state index is 0.597. The Kier molecular flexibility index (Phi) is 7.97. The van der Waals surface area contributed by atoms with Crippen molar-refractivity contribution in [3.05, 3.63) is 194 Å². The van der Waals surface area contributed by atoms with Crippen molar-refractivity contribution in [2.75, 3.05) is 0 Å². The van der Waals surface area contributed by atoms with Gasteiger partial charge in [0, 0.05) is 58.6 Å². The molecule has 8 aromatic carbocycles. The molecule has 0 radical (unpaired) electrons. The summed E-state index contributed by atoms with van der Waals surface area (Å²) in [4.78, 5) is 20.6. The second-order valence-electron chi connectivity index (χ2n) is 14.2. The maximum atomic E-state index is 5.36. The normalized spacial score (nSPS) is 11.5. The molecule has 0 aliphatic rings. The van der Waals surface area contributed by atoms with E-state index in [1.807, 2.05) is 47.7 Å². The van der Waals surface area contributed by atoms with Crippen molar-refractivity contribution in [2.45, 2.75) is 0 Å². The minimum atomic E-state index is 0.597. The van der Waals surface area contributed by atoms with Gasteiger partial charge in [-0.05, 0) is 34.4 Å². The Bertz CT molecular complexity index is 3270. The standard InChI is InChI=1S/C52H32N4S/c1-4-14-33(15-5-1)39-21-12-24-44-47(39)43-31-30-38(32-45(43)53-48(44)35-16-6-2-7-17-35)52-55-50(36-18-8-3-9-19-36)54-51(56-52)37-28-26-34(27-29-37)40-22-13-23-42-41-20-10-11-25-46(41)57-49(40)42/h1-32H. The van der Waals surface area contributed by atoms with E-state index < -0.39 is 0 Å². The van der Waals surface area contributed by atoms with E-state index in [0.717, 1.165) is 49.8 Å². The number of pyridine rings is 1. The average Bonchev–Trinajstić information content (AvgIpc) is 3.68. The summed E-state index contributed by atoms with van der Waals surface area (Å²) in [5.74, 6) is 1.84. The Morgan fingerprint density at radius 2 is 0.825 bits per heavy atom. The zero-order valence-corrected chi connectivity index (χ0v) is 31.5. The van der Waals surface area contributed by atoms with E-state index in [-0.39, 0.29) is 0 Å². The van der Waals surface area contributed by atoms with Gasteiger partial charge < -0.3 is 0 Å². The van der Waals surface area contributed by atoms with E-state index in [2.05, 4.69) is 158 Å². The number of rotatable bonds is 6. The number of aromatic nitrogens is 4. The maximum Gasteiger partial charge on any atom is 0.164 e. The molecule has 0 saturated heterocycles. The monoisotopic (exact) mass is 744 g/mol. The quantitative estimate of drug-likeness (QED) is 0.159. The fourth-order valence-corrected chi connectivity index (χ4v) is 9.23. The highest BCUT2D eigenvalue weighted by Crippen LogP contribution is 2.41. The number of nitrogens with zero attached hydrogens (tertiary/aromatic N) is 4. The first kappa shape index (κ1) is 33.0. The number of hydrogen-bond acceptors (Lipinski definition) is 5. The molecule has 0 saturated carbocycles. The van der Waals surface area contributed by atoms with Gasteiger partial charge >= 0.3 is 0 Å². The molecule has 0 amide bonds. The Morgan fingerprint density at radius 3 is 1.54 bits per heavy atom. The predicted octanol–water partition coefficient (Wildman–Crippen LogP) is 13.9.